The summed E-state index contributed by atoms with van der Waals surface area (Å²) < 4.78 is 27.2. The number of sulfonamides is 1. The van der Waals surface area contributed by atoms with Crippen LogP contribution in [0.5, 0.6) is 0 Å². The summed E-state index contributed by atoms with van der Waals surface area (Å²) in [5, 5.41) is 5.68. The van der Waals surface area contributed by atoms with E-state index >= 15 is 0 Å². The van der Waals surface area contributed by atoms with Crippen LogP contribution >= 0.6 is 22.9 Å². The van der Waals surface area contributed by atoms with Crippen LogP contribution in [-0.2, 0) is 14.8 Å². The van der Waals surface area contributed by atoms with Crippen molar-refractivity contribution in [1.29, 1.82) is 0 Å². The van der Waals surface area contributed by atoms with Gasteiger partial charge in [0.05, 0.1) is 10.9 Å². The van der Waals surface area contributed by atoms with Crippen molar-refractivity contribution in [3.63, 3.8) is 0 Å². The maximum Gasteiger partial charge on any atom is 0.243 e. The Hall–Kier alpha value is -2.19. The van der Waals surface area contributed by atoms with Crippen molar-refractivity contribution in [1.82, 2.24) is 9.62 Å². The predicted molar refractivity (Wildman–Crippen MR) is 124 cm³/mol. The summed E-state index contributed by atoms with van der Waals surface area (Å²) in [5.41, 5.74) is 1.03. The molecule has 8 heteroatoms. The van der Waals surface area contributed by atoms with Crippen LogP contribution in [0, 0.1) is 5.92 Å². The minimum Gasteiger partial charge on any atom is -0.344 e. The first-order chi connectivity index (χ1) is 14.9. The molecular weight excluding hydrogens is 452 g/mol. The number of piperidine rings is 1. The van der Waals surface area contributed by atoms with Crippen molar-refractivity contribution in [2.45, 2.75) is 23.8 Å². The lowest BCUT2D eigenvalue weighted by atomic mass is 9.96. The van der Waals surface area contributed by atoms with Gasteiger partial charge in [0.25, 0.3) is 0 Å². The van der Waals surface area contributed by atoms with E-state index in [1.807, 2.05) is 47.8 Å². The molecule has 0 saturated carbocycles. The van der Waals surface area contributed by atoms with Crippen LogP contribution < -0.4 is 5.32 Å². The van der Waals surface area contributed by atoms with Gasteiger partial charge in [-0.15, -0.1) is 11.3 Å². The topological polar surface area (TPSA) is 66.5 Å². The molecule has 4 rings (SSSR count). The third-order valence-corrected chi connectivity index (χ3v) is 8.63. The number of hydrogen-bond acceptors (Lipinski definition) is 4. The third kappa shape index (κ3) is 5.01. The van der Waals surface area contributed by atoms with E-state index in [0.717, 1.165) is 10.4 Å². The van der Waals surface area contributed by atoms with Gasteiger partial charge in [0, 0.05) is 28.9 Å². The average Bonchev–Trinajstić information content (AvgIpc) is 3.33. The largest absolute Gasteiger partial charge is 0.344 e. The summed E-state index contributed by atoms with van der Waals surface area (Å²) >= 11 is 7.48. The van der Waals surface area contributed by atoms with E-state index in [9.17, 15) is 13.2 Å². The van der Waals surface area contributed by atoms with E-state index < -0.39 is 10.0 Å². The van der Waals surface area contributed by atoms with Gasteiger partial charge < -0.3 is 5.32 Å². The molecule has 1 N–H and O–H groups in total. The lowest BCUT2D eigenvalue weighted by Gasteiger charge is -2.31. The second-order valence-corrected chi connectivity index (χ2v) is 10.9. The second kappa shape index (κ2) is 9.53. The normalized spacial score (nSPS) is 16.7. The summed E-state index contributed by atoms with van der Waals surface area (Å²) in [6.45, 7) is 0.635. The number of hydrogen-bond donors (Lipinski definition) is 1. The van der Waals surface area contributed by atoms with Crippen LogP contribution in [0.3, 0.4) is 0 Å². The number of nitrogens with one attached hydrogen (secondary N) is 1. The molecule has 1 aliphatic rings. The fourth-order valence-electron chi connectivity index (χ4n) is 3.79. The summed E-state index contributed by atoms with van der Waals surface area (Å²) in [4.78, 5) is 14.3. The van der Waals surface area contributed by atoms with Crippen molar-refractivity contribution in [3.05, 3.63) is 87.6 Å². The van der Waals surface area contributed by atoms with Gasteiger partial charge in [0.15, 0.2) is 0 Å². The molecule has 162 valence electrons. The molecule has 1 amide bonds. The number of rotatable bonds is 6. The Bertz CT molecular complexity index is 1110. The monoisotopic (exact) mass is 474 g/mol. The molecule has 0 aliphatic carbocycles. The summed E-state index contributed by atoms with van der Waals surface area (Å²) in [6.07, 6.45) is 0.981. The summed E-state index contributed by atoms with van der Waals surface area (Å²) in [5.74, 6) is -0.256. The zero-order valence-electron chi connectivity index (χ0n) is 16.8. The predicted octanol–water partition coefficient (Wildman–Crippen LogP) is 4.71. The first-order valence-electron chi connectivity index (χ1n) is 10.1. The molecule has 31 heavy (non-hydrogen) atoms. The molecule has 1 fully saturated rings. The van der Waals surface area contributed by atoms with Crippen LogP contribution in [0.4, 0.5) is 0 Å². The number of nitrogens with zero attached hydrogens (tertiary/aromatic N) is 1. The highest BCUT2D eigenvalue weighted by molar-refractivity contribution is 7.89. The highest BCUT2D eigenvalue weighted by atomic mass is 35.5. The van der Waals surface area contributed by atoms with Gasteiger partial charge in [-0.3, -0.25) is 4.79 Å². The van der Waals surface area contributed by atoms with E-state index in [1.54, 1.807) is 23.5 Å². The second-order valence-electron chi connectivity index (χ2n) is 7.50. The Morgan fingerprint density at radius 2 is 1.68 bits per heavy atom. The zero-order chi connectivity index (χ0) is 21.8. The lowest BCUT2D eigenvalue weighted by molar-refractivity contribution is -0.126. The quantitative estimate of drug-likeness (QED) is 0.562. The highest BCUT2D eigenvalue weighted by Gasteiger charge is 2.33. The fourth-order valence-corrected chi connectivity index (χ4v) is 6.19. The number of amides is 1. The number of thiophene rings is 1. The SMILES string of the molecule is O=C(N[C@H](c1ccccc1)c1cccs1)C1CCN(S(=O)(=O)c2ccc(Cl)cc2)CC1. The van der Waals surface area contributed by atoms with Crippen LogP contribution in [0.1, 0.15) is 29.3 Å². The van der Waals surface area contributed by atoms with Crippen LogP contribution in [-0.4, -0.2) is 31.7 Å². The van der Waals surface area contributed by atoms with Gasteiger partial charge in [0.1, 0.15) is 0 Å². The molecule has 3 aromatic rings. The first kappa shape index (κ1) is 22.0. The maximum absolute atomic E-state index is 13.1. The van der Waals surface area contributed by atoms with E-state index in [4.69, 9.17) is 11.6 Å². The molecule has 1 aromatic heterocycles. The van der Waals surface area contributed by atoms with Crippen molar-refractivity contribution < 1.29 is 13.2 Å². The highest BCUT2D eigenvalue weighted by Crippen LogP contribution is 2.29. The van der Waals surface area contributed by atoms with Crippen LogP contribution in [0.25, 0.3) is 0 Å². The molecule has 1 saturated heterocycles. The minimum atomic E-state index is -3.58. The first-order valence-corrected chi connectivity index (χ1v) is 12.8. The van der Waals surface area contributed by atoms with Gasteiger partial charge in [0.2, 0.25) is 15.9 Å². The van der Waals surface area contributed by atoms with Crippen LogP contribution in [0.2, 0.25) is 5.02 Å². The van der Waals surface area contributed by atoms with Gasteiger partial charge in [-0.1, -0.05) is 48.0 Å². The number of halogens is 1. The van der Waals surface area contributed by atoms with Crippen molar-refractivity contribution in [2.75, 3.05) is 13.1 Å². The zero-order valence-corrected chi connectivity index (χ0v) is 19.2. The van der Waals surface area contributed by atoms with Crippen molar-refractivity contribution in [3.8, 4) is 0 Å². The van der Waals surface area contributed by atoms with E-state index in [0.29, 0.717) is 31.0 Å². The molecule has 0 unspecified atom stereocenters. The molecule has 2 heterocycles. The summed E-state index contributed by atoms with van der Waals surface area (Å²) in [6, 6.07) is 19.8. The van der Waals surface area contributed by atoms with Crippen molar-refractivity contribution in [2.24, 2.45) is 5.92 Å². The fraction of sp³-hybridized carbons (Fsp3) is 0.261. The molecule has 5 nitrogen and oxygen atoms in total. The van der Waals surface area contributed by atoms with E-state index in [-0.39, 0.29) is 22.8 Å². The van der Waals surface area contributed by atoms with E-state index in [2.05, 4.69) is 5.32 Å². The lowest BCUT2D eigenvalue weighted by Crippen LogP contribution is -2.43. The Kier molecular flexibility index (Phi) is 6.77. The van der Waals surface area contributed by atoms with E-state index in [1.165, 1.54) is 16.4 Å². The Labute approximate surface area is 191 Å². The number of carbonyl (C=O) groups excluding carboxylic acids is 1. The van der Waals surface area contributed by atoms with Gasteiger partial charge in [-0.2, -0.15) is 4.31 Å². The average molecular weight is 475 g/mol. The van der Waals surface area contributed by atoms with Crippen LogP contribution in [0.15, 0.2) is 77.0 Å². The molecule has 0 spiro atoms. The molecule has 2 aromatic carbocycles. The third-order valence-electron chi connectivity index (χ3n) is 5.52. The standard InChI is InChI=1S/C23H23ClN2O3S2/c24-19-8-10-20(11-9-19)31(28,29)26-14-12-18(13-15-26)23(27)25-22(21-7-4-16-30-21)17-5-2-1-3-6-17/h1-11,16,18,22H,12-15H2,(H,25,27)/t22-/m1/s1. The molecule has 1 atom stereocenters. The molecular formula is C23H23ClN2O3S2. The maximum atomic E-state index is 13.1. The molecule has 1 aliphatic heterocycles. The Morgan fingerprint density at radius 1 is 1.00 bits per heavy atom. The Morgan fingerprint density at radius 3 is 2.29 bits per heavy atom. The van der Waals surface area contributed by atoms with Crippen molar-refractivity contribution >= 4 is 38.9 Å². The molecule has 0 bridgehead atoms. The molecule has 0 radical (unpaired) electrons. The van der Waals surface area contributed by atoms with Gasteiger partial charge in [-0.25, -0.2) is 8.42 Å². The minimum absolute atomic E-state index is 0.0363. The summed E-state index contributed by atoms with van der Waals surface area (Å²) in [7, 11) is -3.58. The number of carbonyl (C=O) groups is 1. The Balaban J connectivity index is 1.42. The number of benzene rings is 2. The smallest absolute Gasteiger partial charge is 0.243 e. The van der Waals surface area contributed by atoms with Gasteiger partial charge in [-0.05, 0) is 54.1 Å². The van der Waals surface area contributed by atoms with Gasteiger partial charge >= 0.3 is 0 Å².